The number of nitrogens with zero attached hydrogens (tertiary/aromatic N) is 3. The number of rotatable bonds is 2. The number of aromatic nitrogens is 3. The summed E-state index contributed by atoms with van der Waals surface area (Å²) in [5, 5.41) is 2.75. The molecule has 1 N–H and O–H groups in total. The summed E-state index contributed by atoms with van der Waals surface area (Å²) in [4.78, 5) is 11.2. The number of anilines is 2. The van der Waals surface area contributed by atoms with Crippen LogP contribution in [0.2, 0.25) is 0 Å². The summed E-state index contributed by atoms with van der Waals surface area (Å²) in [5.74, 6) is 0.303. The van der Waals surface area contributed by atoms with Gasteiger partial charge in [-0.1, -0.05) is 0 Å². The van der Waals surface area contributed by atoms with E-state index in [-0.39, 0.29) is 0 Å². The Labute approximate surface area is 114 Å². The average molecular weight is 366 g/mol. The van der Waals surface area contributed by atoms with Crippen molar-refractivity contribution in [2.75, 3.05) is 5.32 Å². The van der Waals surface area contributed by atoms with Crippen molar-refractivity contribution < 1.29 is 13.2 Å². The van der Waals surface area contributed by atoms with Crippen LogP contribution in [-0.2, 0) is 6.18 Å². The SMILES string of the molecule is FC(F)(F)c1ccc(Nc2ncc(I)cn2)cn1. The zero-order chi connectivity index (χ0) is 13.2. The van der Waals surface area contributed by atoms with Crippen molar-refractivity contribution in [1.82, 2.24) is 15.0 Å². The quantitative estimate of drug-likeness (QED) is 0.830. The van der Waals surface area contributed by atoms with Gasteiger partial charge >= 0.3 is 6.18 Å². The second-order valence-electron chi connectivity index (χ2n) is 3.28. The van der Waals surface area contributed by atoms with E-state index in [2.05, 4.69) is 42.9 Å². The molecule has 0 radical (unpaired) electrons. The lowest BCUT2D eigenvalue weighted by atomic mass is 10.3. The number of pyridine rings is 1. The maximum absolute atomic E-state index is 12.3. The van der Waals surface area contributed by atoms with Crippen molar-refractivity contribution in [3.63, 3.8) is 0 Å². The first-order chi connectivity index (χ1) is 8.45. The Bertz CT molecular complexity index is 524. The van der Waals surface area contributed by atoms with E-state index >= 15 is 0 Å². The van der Waals surface area contributed by atoms with E-state index < -0.39 is 11.9 Å². The van der Waals surface area contributed by atoms with Crippen LogP contribution in [0, 0.1) is 3.57 Å². The first-order valence-electron chi connectivity index (χ1n) is 4.73. The molecule has 2 aromatic rings. The zero-order valence-corrected chi connectivity index (χ0v) is 10.9. The number of alkyl halides is 3. The summed E-state index contributed by atoms with van der Waals surface area (Å²) in [6.45, 7) is 0. The molecule has 0 spiro atoms. The lowest BCUT2D eigenvalue weighted by Crippen LogP contribution is -2.07. The molecule has 2 rings (SSSR count). The standard InChI is InChI=1S/C10H6F3IN4/c11-10(12,13)8-2-1-7(5-15-8)18-9-16-3-6(14)4-17-9/h1-5H,(H,16,17,18). The topological polar surface area (TPSA) is 50.7 Å². The molecule has 4 nitrogen and oxygen atoms in total. The highest BCUT2D eigenvalue weighted by molar-refractivity contribution is 14.1. The van der Waals surface area contributed by atoms with Crippen molar-refractivity contribution >= 4 is 34.2 Å². The van der Waals surface area contributed by atoms with Gasteiger partial charge in [-0.15, -0.1) is 0 Å². The van der Waals surface area contributed by atoms with Gasteiger partial charge in [-0.05, 0) is 34.7 Å². The number of hydrogen-bond acceptors (Lipinski definition) is 4. The highest BCUT2D eigenvalue weighted by Gasteiger charge is 2.31. The maximum Gasteiger partial charge on any atom is 0.433 e. The molecule has 8 heteroatoms. The Morgan fingerprint density at radius 3 is 2.17 bits per heavy atom. The maximum atomic E-state index is 12.3. The predicted octanol–water partition coefficient (Wildman–Crippen LogP) is 3.24. The van der Waals surface area contributed by atoms with Crippen LogP contribution in [0.1, 0.15) is 5.69 Å². The number of halogens is 4. The van der Waals surface area contributed by atoms with Crippen LogP contribution in [0.5, 0.6) is 0 Å². The molecule has 0 fully saturated rings. The Morgan fingerprint density at radius 2 is 1.67 bits per heavy atom. The first kappa shape index (κ1) is 13.0. The Kier molecular flexibility index (Phi) is 3.64. The van der Waals surface area contributed by atoms with Gasteiger partial charge in [-0.25, -0.2) is 15.0 Å². The van der Waals surface area contributed by atoms with Crippen LogP contribution in [0.15, 0.2) is 30.7 Å². The molecule has 0 amide bonds. The summed E-state index contributed by atoms with van der Waals surface area (Å²) >= 11 is 2.05. The molecule has 2 aromatic heterocycles. The molecule has 94 valence electrons. The molecule has 2 heterocycles. The summed E-state index contributed by atoms with van der Waals surface area (Å²) < 4.78 is 37.7. The Hall–Kier alpha value is -1.45. The molecule has 0 unspecified atom stereocenters. The fraction of sp³-hybridized carbons (Fsp3) is 0.100. The molecule has 0 saturated carbocycles. The van der Waals surface area contributed by atoms with Gasteiger partial charge in [-0.3, -0.25) is 0 Å². The Morgan fingerprint density at radius 1 is 1.00 bits per heavy atom. The monoisotopic (exact) mass is 366 g/mol. The molecule has 0 saturated heterocycles. The molecule has 0 bridgehead atoms. The second kappa shape index (κ2) is 5.04. The van der Waals surface area contributed by atoms with Crippen molar-refractivity contribution in [3.05, 3.63) is 40.0 Å². The van der Waals surface area contributed by atoms with Crippen LogP contribution in [0.4, 0.5) is 24.8 Å². The largest absolute Gasteiger partial charge is 0.433 e. The highest BCUT2D eigenvalue weighted by atomic mass is 127. The van der Waals surface area contributed by atoms with E-state index in [0.717, 1.165) is 15.8 Å². The summed E-state index contributed by atoms with van der Waals surface area (Å²) in [5.41, 5.74) is -0.541. The molecule has 0 atom stereocenters. The minimum Gasteiger partial charge on any atom is -0.323 e. The molecule has 0 aliphatic rings. The number of nitrogens with one attached hydrogen (secondary N) is 1. The first-order valence-corrected chi connectivity index (χ1v) is 5.81. The van der Waals surface area contributed by atoms with Gasteiger partial charge in [0.05, 0.1) is 11.9 Å². The van der Waals surface area contributed by atoms with Gasteiger partial charge in [0.1, 0.15) is 5.69 Å². The summed E-state index contributed by atoms with van der Waals surface area (Å²) in [6, 6.07) is 2.17. The van der Waals surface area contributed by atoms with Crippen LogP contribution in [0.25, 0.3) is 0 Å². The molecule has 0 aromatic carbocycles. The molecule has 0 aliphatic heterocycles. The highest BCUT2D eigenvalue weighted by Crippen LogP contribution is 2.28. The van der Waals surface area contributed by atoms with Gasteiger partial charge in [0, 0.05) is 16.0 Å². The third-order valence-corrected chi connectivity index (χ3v) is 2.49. The normalized spacial score (nSPS) is 11.3. The van der Waals surface area contributed by atoms with E-state index in [4.69, 9.17) is 0 Å². The fourth-order valence-corrected chi connectivity index (χ4v) is 1.42. The van der Waals surface area contributed by atoms with Crippen LogP contribution < -0.4 is 5.32 Å². The average Bonchev–Trinajstić information content (AvgIpc) is 2.32. The van der Waals surface area contributed by atoms with E-state index in [1.807, 2.05) is 0 Å². The number of hydrogen-bond donors (Lipinski definition) is 1. The van der Waals surface area contributed by atoms with Gasteiger partial charge in [-0.2, -0.15) is 13.2 Å². The van der Waals surface area contributed by atoms with Crippen LogP contribution in [0.3, 0.4) is 0 Å². The van der Waals surface area contributed by atoms with Crippen LogP contribution >= 0.6 is 22.6 Å². The van der Waals surface area contributed by atoms with Gasteiger partial charge in [0.15, 0.2) is 0 Å². The van der Waals surface area contributed by atoms with Crippen molar-refractivity contribution in [2.45, 2.75) is 6.18 Å². The van der Waals surface area contributed by atoms with E-state index in [0.29, 0.717) is 11.6 Å². The third kappa shape index (κ3) is 3.28. The predicted molar refractivity (Wildman–Crippen MR) is 67.3 cm³/mol. The molecular weight excluding hydrogens is 360 g/mol. The second-order valence-corrected chi connectivity index (χ2v) is 4.53. The lowest BCUT2D eigenvalue weighted by molar-refractivity contribution is -0.141. The fourth-order valence-electron chi connectivity index (χ4n) is 1.14. The Balaban J connectivity index is 2.13. The van der Waals surface area contributed by atoms with E-state index in [1.165, 1.54) is 6.07 Å². The molecule has 18 heavy (non-hydrogen) atoms. The van der Waals surface area contributed by atoms with Crippen molar-refractivity contribution in [3.8, 4) is 0 Å². The van der Waals surface area contributed by atoms with E-state index in [1.54, 1.807) is 12.4 Å². The third-order valence-electron chi connectivity index (χ3n) is 1.93. The lowest BCUT2D eigenvalue weighted by Gasteiger charge is -2.07. The molecular formula is C10H6F3IN4. The van der Waals surface area contributed by atoms with E-state index in [9.17, 15) is 13.2 Å². The van der Waals surface area contributed by atoms with Gasteiger partial charge in [0.2, 0.25) is 5.95 Å². The van der Waals surface area contributed by atoms with Gasteiger partial charge in [0.25, 0.3) is 0 Å². The van der Waals surface area contributed by atoms with Gasteiger partial charge < -0.3 is 5.32 Å². The minimum absolute atomic E-state index is 0.303. The zero-order valence-electron chi connectivity index (χ0n) is 8.74. The summed E-state index contributed by atoms with van der Waals surface area (Å²) in [7, 11) is 0. The minimum atomic E-state index is -4.43. The smallest absolute Gasteiger partial charge is 0.323 e. The van der Waals surface area contributed by atoms with Crippen molar-refractivity contribution in [1.29, 1.82) is 0 Å². The molecule has 0 aliphatic carbocycles. The van der Waals surface area contributed by atoms with Crippen molar-refractivity contribution in [2.24, 2.45) is 0 Å². The summed E-state index contributed by atoms with van der Waals surface area (Å²) in [6.07, 6.45) is -0.164. The van der Waals surface area contributed by atoms with Crippen LogP contribution in [-0.4, -0.2) is 15.0 Å².